The molecule has 1 N–H and O–H groups in total. The van der Waals surface area contributed by atoms with Crippen LogP contribution in [0.25, 0.3) is 0 Å². The van der Waals surface area contributed by atoms with Crippen molar-refractivity contribution in [3.8, 4) is 11.5 Å². The molecule has 1 aliphatic heterocycles. The van der Waals surface area contributed by atoms with E-state index in [1.54, 1.807) is 24.3 Å². The van der Waals surface area contributed by atoms with Crippen molar-refractivity contribution in [3.63, 3.8) is 0 Å². The van der Waals surface area contributed by atoms with Gasteiger partial charge in [0.15, 0.2) is 18.1 Å². The van der Waals surface area contributed by atoms with Gasteiger partial charge in [-0.3, -0.25) is 14.4 Å². The standard InChI is InChI=1S/C26H24ClN3O5/c1-2-34-20-11-15(10-19(27)24(20)35-14-21(31)29-18-6-4-3-5-7-18)13-28-30-25(32)22-16-8-9-17(12-16)23(22)26(30)33/h3-11,13,16-17,22-23H,2,12,14H2,1H3,(H,29,31). The number of rotatable bonds is 8. The number of hydrazone groups is 1. The molecular weight excluding hydrogens is 470 g/mol. The summed E-state index contributed by atoms with van der Waals surface area (Å²) in [5.74, 6) is -0.688. The van der Waals surface area contributed by atoms with Gasteiger partial charge >= 0.3 is 0 Å². The zero-order valence-corrected chi connectivity index (χ0v) is 19.8. The SMILES string of the molecule is CCOc1cc(C=NN2C(=O)C3C4C=CC(C4)C3C2=O)cc(Cl)c1OCC(=O)Nc1ccccc1. The van der Waals surface area contributed by atoms with Crippen LogP contribution in [-0.2, 0) is 14.4 Å². The van der Waals surface area contributed by atoms with Crippen LogP contribution >= 0.6 is 11.6 Å². The predicted octanol–water partition coefficient (Wildman–Crippen LogP) is 3.90. The van der Waals surface area contributed by atoms with Gasteiger partial charge in [0.05, 0.1) is 29.7 Å². The van der Waals surface area contributed by atoms with Crippen LogP contribution in [0.5, 0.6) is 11.5 Å². The molecule has 0 aromatic heterocycles. The van der Waals surface area contributed by atoms with Crippen molar-refractivity contribution < 1.29 is 23.9 Å². The number of amides is 3. The second-order valence-corrected chi connectivity index (χ2v) is 9.11. The van der Waals surface area contributed by atoms with Gasteiger partial charge in [-0.2, -0.15) is 10.1 Å². The van der Waals surface area contributed by atoms with Crippen molar-refractivity contribution in [1.82, 2.24) is 5.01 Å². The molecule has 3 amide bonds. The van der Waals surface area contributed by atoms with E-state index in [1.165, 1.54) is 6.21 Å². The fraction of sp³-hybridized carbons (Fsp3) is 0.308. The summed E-state index contributed by atoms with van der Waals surface area (Å²) >= 11 is 6.44. The number of carbonyl (C=O) groups is 3. The van der Waals surface area contributed by atoms with Gasteiger partial charge in [0, 0.05) is 5.69 Å². The molecule has 180 valence electrons. The van der Waals surface area contributed by atoms with Crippen LogP contribution in [0, 0.1) is 23.7 Å². The predicted molar refractivity (Wildman–Crippen MR) is 130 cm³/mol. The van der Waals surface area contributed by atoms with E-state index in [0.717, 1.165) is 11.4 Å². The minimum atomic E-state index is -0.347. The third-order valence-corrected chi connectivity index (χ3v) is 6.79. The Bertz CT molecular complexity index is 1200. The van der Waals surface area contributed by atoms with Gasteiger partial charge < -0.3 is 14.8 Å². The summed E-state index contributed by atoms with van der Waals surface area (Å²) in [7, 11) is 0. The lowest BCUT2D eigenvalue weighted by Gasteiger charge is -2.15. The fourth-order valence-electron chi connectivity index (χ4n) is 5.05. The normalized spacial score (nSPS) is 24.3. The van der Waals surface area contributed by atoms with Crippen LogP contribution < -0.4 is 14.8 Å². The Morgan fingerprint density at radius 1 is 1.11 bits per heavy atom. The molecule has 2 aliphatic carbocycles. The third kappa shape index (κ3) is 4.41. The van der Waals surface area contributed by atoms with Crippen LogP contribution in [0.1, 0.15) is 18.9 Å². The van der Waals surface area contributed by atoms with E-state index in [1.807, 2.05) is 37.3 Å². The molecule has 1 saturated carbocycles. The van der Waals surface area contributed by atoms with Gasteiger partial charge in [0.1, 0.15) is 0 Å². The Morgan fingerprint density at radius 2 is 1.80 bits per heavy atom. The topological polar surface area (TPSA) is 97.3 Å². The number of halogens is 1. The summed E-state index contributed by atoms with van der Waals surface area (Å²) in [4.78, 5) is 37.9. The maximum atomic E-state index is 12.8. The van der Waals surface area contributed by atoms with Crippen LogP contribution in [0.3, 0.4) is 0 Å². The Labute approximate surface area is 207 Å². The Hall–Kier alpha value is -3.65. The molecule has 8 nitrogen and oxygen atoms in total. The number of ether oxygens (including phenoxy) is 2. The minimum Gasteiger partial charge on any atom is -0.490 e. The lowest BCUT2D eigenvalue weighted by molar-refractivity contribution is -0.140. The smallest absolute Gasteiger partial charge is 0.262 e. The van der Waals surface area contributed by atoms with Crippen LogP contribution in [0.15, 0.2) is 59.7 Å². The van der Waals surface area contributed by atoms with Crippen molar-refractivity contribution in [3.05, 3.63) is 65.2 Å². The summed E-state index contributed by atoms with van der Waals surface area (Å²) in [6.45, 7) is 1.88. The highest BCUT2D eigenvalue weighted by Crippen LogP contribution is 2.52. The number of fused-ring (bicyclic) bond motifs is 5. The molecule has 1 heterocycles. The molecule has 9 heteroatoms. The van der Waals surface area contributed by atoms with E-state index >= 15 is 0 Å². The average molecular weight is 494 g/mol. The highest BCUT2D eigenvalue weighted by atomic mass is 35.5. The van der Waals surface area contributed by atoms with Gasteiger partial charge in [-0.15, -0.1) is 0 Å². The van der Waals surface area contributed by atoms with E-state index in [-0.39, 0.29) is 58.8 Å². The zero-order chi connectivity index (χ0) is 24.5. The number of para-hydroxylation sites is 1. The highest BCUT2D eigenvalue weighted by molar-refractivity contribution is 6.32. The molecule has 35 heavy (non-hydrogen) atoms. The van der Waals surface area contributed by atoms with Crippen molar-refractivity contribution in [2.45, 2.75) is 13.3 Å². The van der Waals surface area contributed by atoms with Crippen molar-refractivity contribution >= 4 is 41.2 Å². The van der Waals surface area contributed by atoms with E-state index in [9.17, 15) is 14.4 Å². The van der Waals surface area contributed by atoms with E-state index < -0.39 is 0 Å². The second kappa shape index (κ2) is 9.54. The van der Waals surface area contributed by atoms with Gasteiger partial charge in [0.2, 0.25) is 0 Å². The van der Waals surface area contributed by atoms with Crippen LogP contribution in [0.4, 0.5) is 5.69 Å². The number of nitrogens with zero attached hydrogens (tertiary/aromatic N) is 2. The summed E-state index contributed by atoms with van der Waals surface area (Å²) in [6, 6.07) is 12.3. The van der Waals surface area contributed by atoms with Gasteiger partial charge in [-0.1, -0.05) is 42.0 Å². The third-order valence-electron chi connectivity index (χ3n) is 6.51. The Kier molecular flexibility index (Phi) is 6.30. The number of nitrogens with one attached hydrogen (secondary N) is 1. The summed E-state index contributed by atoms with van der Waals surface area (Å²) in [6.07, 6.45) is 6.35. The van der Waals surface area contributed by atoms with E-state index in [0.29, 0.717) is 23.6 Å². The molecule has 2 aromatic rings. The molecule has 0 spiro atoms. The number of hydrogen-bond donors (Lipinski definition) is 1. The van der Waals surface area contributed by atoms with Crippen molar-refractivity contribution in [1.29, 1.82) is 0 Å². The molecule has 4 unspecified atom stereocenters. The lowest BCUT2D eigenvalue weighted by atomic mass is 9.85. The number of benzene rings is 2. The first-order chi connectivity index (χ1) is 17.0. The zero-order valence-electron chi connectivity index (χ0n) is 19.0. The first-order valence-electron chi connectivity index (χ1n) is 11.5. The number of carbonyl (C=O) groups excluding carboxylic acids is 3. The van der Waals surface area contributed by atoms with E-state index in [4.69, 9.17) is 21.1 Å². The largest absolute Gasteiger partial charge is 0.490 e. The summed E-state index contributed by atoms with van der Waals surface area (Å²) in [5, 5.41) is 8.12. The highest BCUT2D eigenvalue weighted by Gasteiger charge is 2.59. The van der Waals surface area contributed by atoms with Gasteiger partial charge in [-0.05, 0) is 55.0 Å². The first kappa shape index (κ1) is 23.1. The molecule has 1 saturated heterocycles. The maximum absolute atomic E-state index is 12.8. The van der Waals surface area contributed by atoms with Gasteiger partial charge in [0.25, 0.3) is 17.7 Å². The molecule has 5 rings (SSSR count). The Morgan fingerprint density at radius 3 is 2.46 bits per heavy atom. The minimum absolute atomic E-state index is 0.121. The second-order valence-electron chi connectivity index (χ2n) is 8.70. The Balaban J connectivity index is 1.29. The molecule has 2 fully saturated rings. The molecule has 2 bridgehead atoms. The number of imide groups is 1. The molecule has 4 atom stereocenters. The molecular formula is C26H24ClN3O5. The number of hydrogen-bond acceptors (Lipinski definition) is 6. The lowest BCUT2D eigenvalue weighted by Crippen LogP contribution is -2.28. The molecule has 3 aliphatic rings. The number of allylic oxidation sites excluding steroid dienone is 2. The first-order valence-corrected chi connectivity index (χ1v) is 11.9. The molecule has 2 aromatic carbocycles. The van der Waals surface area contributed by atoms with Crippen molar-refractivity contribution in [2.75, 3.05) is 18.5 Å². The summed E-state index contributed by atoms with van der Waals surface area (Å²) in [5.41, 5.74) is 1.18. The van der Waals surface area contributed by atoms with Crippen LogP contribution in [0.2, 0.25) is 5.02 Å². The van der Waals surface area contributed by atoms with Crippen LogP contribution in [-0.4, -0.2) is 42.2 Å². The molecule has 0 radical (unpaired) electrons. The van der Waals surface area contributed by atoms with Gasteiger partial charge in [-0.25, -0.2) is 0 Å². The number of anilines is 1. The average Bonchev–Trinajstić information content (AvgIpc) is 3.52. The summed E-state index contributed by atoms with van der Waals surface area (Å²) < 4.78 is 11.3. The monoisotopic (exact) mass is 493 g/mol. The maximum Gasteiger partial charge on any atom is 0.262 e. The fourth-order valence-corrected chi connectivity index (χ4v) is 5.32. The quantitative estimate of drug-likeness (QED) is 0.342. The van der Waals surface area contributed by atoms with E-state index in [2.05, 4.69) is 10.4 Å². The van der Waals surface area contributed by atoms with Crippen molar-refractivity contribution in [2.24, 2.45) is 28.8 Å².